The number of rotatable bonds is 6. The van der Waals surface area contributed by atoms with Gasteiger partial charge in [0.1, 0.15) is 12.4 Å². The number of carbonyl (C=O) groups excluding carboxylic acids is 2. The van der Waals surface area contributed by atoms with Crippen LogP contribution in [0.25, 0.3) is 27.7 Å². The number of fused-ring (bicyclic) bond motifs is 4. The van der Waals surface area contributed by atoms with Gasteiger partial charge in [0.25, 0.3) is 5.56 Å². The summed E-state index contributed by atoms with van der Waals surface area (Å²) in [5.41, 5.74) is 5.10. The minimum Gasteiger partial charge on any atom is -0.465 e. The Kier molecular flexibility index (Phi) is 6.81. The Labute approximate surface area is 236 Å². The van der Waals surface area contributed by atoms with E-state index in [2.05, 4.69) is 29.6 Å². The number of hydrogen-bond acceptors (Lipinski definition) is 6. The number of amides is 1. The predicted octanol–water partition coefficient (Wildman–Crippen LogP) is 5.77. The second-order valence-corrected chi connectivity index (χ2v) is 9.83. The number of alkyl carbamates (subject to hydrolysis) is 1. The van der Waals surface area contributed by atoms with E-state index in [4.69, 9.17) is 14.5 Å². The monoisotopic (exact) mass is 545 g/mol. The molecule has 1 amide bonds. The van der Waals surface area contributed by atoms with Crippen molar-refractivity contribution in [3.8, 4) is 16.8 Å². The van der Waals surface area contributed by atoms with Gasteiger partial charge < -0.3 is 14.8 Å². The molecule has 1 aliphatic carbocycles. The van der Waals surface area contributed by atoms with Crippen molar-refractivity contribution in [2.45, 2.75) is 18.9 Å². The smallest absolute Gasteiger partial charge is 0.407 e. The van der Waals surface area contributed by atoms with Crippen LogP contribution >= 0.6 is 0 Å². The average molecular weight is 546 g/mol. The van der Waals surface area contributed by atoms with Crippen molar-refractivity contribution in [2.24, 2.45) is 0 Å². The zero-order valence-corrected chi connectivity index (χ0v) is 22.5. The molecule has 0 fully saturated rings. The van der Waals surface area contributed by atoms with Crippen LogP contribution in [-0.2, 0) is 9.47 Å². The number of para-hydroxylation sites is 2. The fraction of sp³-hybridized carbons (Fsp3) is 0.152. The normalized spacial score (nSPS) is 12.8. The van der Waals surface area contributed by atoms with E-state index in [1.807, 2.05) is 24.3 Å². The molecule has 5 aromatic rings. The molecule has 1 N–H and O–H groups in total. The highest BCUT2D eigenvalue weighted by atomic mass is 16.5. The summed E-state index contributed by atoms with van der Waals surface area (Å²) in [7, 11) is 1.28. The van der Waals surface area contributed by atoms with Crippen LogP contribution in [0.1, 0.15) is 46.2 Å². The van der Waals surface area contributed by atoms with Crippen molar-refractivity contribution in [1.82, 2.24) is 14.9 Å². The third-order valence-corrected chi connectivity index (χ3v) is 7.42. The van der Waals surface area contributed by atoms with Crippen molar-refractivity contribution in [2.75, 3.05) is 13.7 Å². The van der Waals surface area contributed by atoms with Crippen LogP contribution < -0.4 is 10.9 Å². The third-order valence-electron chi connectivity index (χ3n) is 7.42. The van der Waals surface area contributed by atoms with Gasteiger partial charge >= 0.3 is 12.1 Å². The lowest BCUT2D eigenvalue weighted by Crippen LogP contribution is -2.34. The molecular weight excluding hydrogens is 518 g/mol. The fourth-order valence-corrected chi connectivity index (χ4v) is 5.51. The zero-order valence-electron chi connectivity index (χ0n) is 22.5. The van der Waals surface area contributed by atoms with E-state index >= 15 is 0 Å². The molecule has 8 heteroatoms. The van der Waals surface area contributed by atoms with Crippen LogP contribution in [0.5, 0.6) is 0 Å². The SMILES string of the molecule is COC(=O)c1ccccc1-n1c([C@H](C)NC(=O)OCC2c3ccccc3-c3ccccc32)nc2ccccc2c1=O. The Balaban J connectivity index is 1.31. The standard InChI is InChI=1S/C33H27N3O5/c1-20(34-33(39)41-19-27-23-13-5-3-11-21(23)22-12-4-6-14-24(22)27)30-35-28-17-9-7-15-25(28)31(37)36(30)29-18-10-8-16-26(29)32(38)40-2/h3-18,20,27H,19H2,1-2H3,(H,34,39)/t20-/m0/s1. The lowest BCUT2D eigenvalue weighted by molar-refractivity contribution is 0.0600. The molecule has 0 bridgehead atoms. The van der Waals surface area contributed by atoms with Gasteiger partial charge in [-0.15, -0.1) is 0 Å². The first-order valence-corrected chi connectivity index (χ1v) is 13.3. The van der Waals surface area contributed by atoms with Gasteiger partial charge in [0, 0.05) is 5.92 Å². The predicted molar refractivity (Wildman–Crippen MR) is 155 cm³/mol. The lowest BCUT2D eigenvalue weighted by atomic mass is 9.98. The van der Waals surface area contributed by atoms with E-state index in [-0.39, 0.29) is 29.5 Å². The number of ether oxygens (including phenoxy) is 2. The zero-order chi connectivity index (χ0) is 28.5. The maximum Gasteiger partial charge on any atom is 0.407 e. The number of aromatic nitrogens is 2. The van der Waals surface area contributed by atoms with Crippen LogP contribution in [0.3, 0.4) is 0 Å². The first-order chi connectivity index (χ1) is 20.0. The average Bonchev–Trinajstić information content (AvgIpc) is 3.33. The quantitative estimate of drug-likeness (QED) is 0.272. The van der Waals surface area contributed by atoms with E-state index in [9.17, 15) is 14.4 Å². The number of methoxy groups -OCH3 is 1. The molecule has 0 aliphatic heterocycles. The van der Waals surface area contributed by atoms with Crippen LogP contribution in [0.15, 0.2) is 102 Å². The Morgan fingerprint density at radius 2 is 1.49 bits per heavy atom. The molecule has 0 saturated carbocycles. The molecule has 41 heavy (non-hydrogen) atoms. The molecule has 1 heterocycles. The molecule has 1 atom stereocenters. The van der Waals surface area contributed by atoms with Crippen molar-refractivity contribution in [3.63, 3.8) is 0 Å². The summed E-state index contributed by atoms with van der Waals surface area (Å²) in [6.45, 7) is 1.87. The van der Waals surface area contributed by atoms with Crippen molar-refractivity contribution in [3.05, 3.63) is 130 Å². The van der Waals surface area contributed by atoms with Gasteiger partial charge in [-0.25, -0.2) is 14.6 Å². The molecular formula is C33H27N3O5. The summed E-state index contributed by atoms with van der Waals surface area (Å²) in [6, 6.07) is 29.1. The molecule has 4 aromatic carbocycles. The number of carbonyl (C=O) groups is 2. The number of esters is 1. The van der Waals surface area contributed by atoms with Crippen molar-refractivity contribution >= 4 is 23.0 Å². The topological polar surface area (TPSA) is 99.5 Å². The molecule has 0 unspecified atom stereocenters. The van der Waals surface area contributed by atoms with Gasteiger partial charge in [0.15, 0.2) is 0 Å². The molecule has 0 spiro atoms. The first kappa shape index (κ1) is 26.0. The minimum absolute atomic E-state index is 0.0904. The van der Waals surface area contributed by atoms with Gasteiger partial charge in [-0.05, 0) is 53.4 Å². The Hall–Kier alpha value is -5.24. The van der Waals surface area contributed by atoms with Crippen LogP contribution in [0, 0.1) is 0 Å². The van der Waals surface area contributed by atoms with Crippen LogP contribution in [0.4, 0.5) is 4.79 Å². The van der Waals surface area contributed by atoms with E-state index in [0.717, 1.165) is 22.3 Å². The Morgan fingerprint density at radius 3 is 2.20 bits per heavy atom. The van der Waals surface area contributed by atoms with Gasteiger partial charge in [0.2, 0.25) is 0 Å². The van der Waals surface area contributed by atoms with E-state index in [1.165, 1.54) is 11.7 Å². The van der Waals surface area contributed by atoms with Crippen LogP contribution in [-0.4, -0.2) is 35.3 Å². The van der Waals surface area contributed by atoms with E-state index < -0.39 is 18.1 Å². The summed E-state index contributed by atoms with van der Waals surface area (Å²) in [5.74, 6) is -0.435. The molecule has 1 aromatic heterocycles. The highest BCUT2D eigenvalue weighted by Crippen LogP contribution is 2.44. The Morgan fingerprint density at radius 1 is 0.878 bits per heavy atom. The number of nitrogens with zero attached hydrogens (tertiary/aromatic N) is 2. The maximum absolute atomic E-state index is 13.8. The second kappa shape index (κ2) is 10.7. The first-order valence-electron chi connectivity index (χ1n) is 13.3. The van der Waals surface area contributed by atoms with Crippen molar-refractivity contribution in [1.29, 1.82) is 0 Å². The molecule has 1 aliphatic rings. The fourth-order valence-electron chi connectivity index (χ4n) is 5.51. The third kappa shape index (κ3) is 4.63. The highest BCUT2D eigenvalue weighted by molar-refractivity contribution is 5.93. The highest BCUT2D eigenvalue weighted by Gasteiger charge is 2.29. The summed E-state index contributed by atoms with van der Waals surface area (Å²) in [5, 5.41) is 3.21. The van der Waals surface area contributed by atoms with E-state index in [1.54, 1.807) is 55.5 Å². The van der Waals surface area contributed by atoms with Crippen molar-refractivity contribution < 1.29 is 19.1 Å². The molecule has 6 rings (SSSR count). The summed E-state index contributed by atoms with van der Waals surface area (Å²) in [4.78, 5) is 44.2. The number of hydrogen-bond donors (Lipinski definition) is 1. The minimum atomic E-state index is -0.742. The van der Waals surface area contributed by atoms with E-state index in [0.29, 0.717) is 16.6 Å². The maximum atomic E-state index is 13.8. The number of benzene rings is 4. The molecule has 0 radical (unpaired) electrons. The largest absolute Gasteiger partial charge is 0.465 e. The van der Waals surface area contributed by atoms with Crippen LogP contribution in [0.2, 0.25) is 0 Å². The number of nitrogens with one attached hydrogen (secondary N) is 1. The lowest BCUT2D eigenvalue weighted by Gasteiger charge is -2.21. The van der Waals surface area contributed by atoms with Gasteiger partial charge in [0.05, 0.1) is 35.3 Å². The van der Waals surface area contributed by atoms with Gasteiger partial charge in [-0.2, -0.15) is 0 Å². The molecule has 0 saturated heterocycles. The summed E-state index contributed by atoms with van der Waals surface area (Å²) < 4.78 is 12.0. The summed E-state index contributed by atoms with van der Waals surface area (Å²) >= 11 is 0. The second-order valence-electron chi connectivity index (χ2n) is 9.83. The van der Waals surface area contributed by atoms with Gasteiger partial charge in [-0.3, -0.25) is 9.36 Å². The molecule has 8 nitrogen and oxygen atoms in total. The molecule has 204 valence electrons. The summed E-state index contributed by atoms with van der Waals surface area (Å²) in [6.07, 6.45) is -0.644. The van der Waals surface area contributed by atoms with Gasteiger partial charge in [-0.1, -0.05) is 72.8 Å². The Bertz CT molecular complexity index is 1820.